The van der Waals surface area contributed by atoms with E-state index in [0.717, 1.165) is 0 Å². The minimum absolute atomic E-state index is 0.0150. The number of aliphatic imine (C=N–C) groups is 4. The van der Waals surface area contributed by atoms with Crippen LogP contribution in [-0.4, -0.2) is 112 Å². The van der Waals surface area contributed by atoms with Crippen LogP contribution < -0.4 is 81.9 Å². The van der Waals surface area contributed by atoms with E-state index in [2.05, 4.69) is 46.6 Å². The van der Waals surface area contributed by atoms with Gasteiger partial charge in [0.15, 0.2) is 23.8 Å². The Morgan fingerprint density at radius 2 is 0.922 bits per heavy atom. The molecule has 64 heavy (non-hydrogen) atoms. The van der Waals surface area contributed by atoms with Crippen LogP contribution in [0.15, 0.2) is 56.4 Å². The number of hydrogen-bond donors (Lipinski definition) is 13. The molecule has 0 spiro atoms. The van der Waals surface area contributed by atoms with E-state index in [1.54, 1.807) is 6.07 Å². The number of carbonyl (C=O) groups is 5. The van der Waals surface area contributed by atoms with Crippen LogP contribution in [0, 0.1) is 0 Å². The van der Waals surface area contributed by atoms with E-state index >= 15 is 0 Å². The highest BCUT2D eigenvalue weighted by Crippen LogP contribution is 2.25. The maximum absolute atomic E-state index is 14.0. The van der Waals surface area contributed by atoms with Crippen molar-refractivity contribution in [2.75, 3.05) is 51.0 Å². The summed E-state index contributed by atoms with van der Waals surface area (Å²) >= 11 is 0. The molecule has 0 radical (unpaired) electrons. The van der Waals surface area contributed by atoms with Crippen molar-refractivity contribution in [1.29, 1.82) is 0 Å². The summed E-state index contributed by atoms with van der Waals surface area (Å²) in [6.07, 6.45) is 3.26. The molecule has 0 bridgehead atoms. The van der Waals surface area contributed by atoms with Gasteiger partial charge in [-0.05, 0) is 94.7 Å². The van der Waals surface area contributed by atoms with Crippen molar-refractivity contribution in [2.24, 2.45) is 65.8 Å². The third-order valence-electron chi connectivity index (χ3n) is 9.16. The van der Waals surface area contributed by atoms with Crippen molar-refractivity contribution in [3.05, 3.63) is 47.5 Å². The molecule has 0 aliphatic rings. The highest BCUT2D eigenvalue weighted by atomic mass is 16.5. The second kappa shape index (κ2) is 28.1. The van der Waals surface area contributed by atoms with Gasteiger partial charge in [0.05, 0.1) is 25.3 Å². The molecule has 2 aromatic rings. The van der Waals surface area contributed by atoms with Gasteiger partial charge in [-0.25, -0.2) is 0 Å². The zero-order chi connectivity index (χ0) is 47.6. The fourth-order valence-electron chi connectivity index (χ4n) is 6.02. The van der Waals surface area contributed by atoms with Crippen LogP contribution in [0.5, 0.6) is 11.5 Å². The summed E-state index contributed by atoms with van der Waals surface area (Å²) in [5.41, 5.74) is 43.9. The smallest absolute Gasteiger partial charge is 0.255 e. The summed E-state index contributed by atoms with van der Waals surface area (Å²) in [6.45, 7) is 2.96. The first-order valence-electron chi connectivity index (χ1n) is 20.5. The van der Waals surface area contributed by atoms with Gasteiger partial charge in [-0.1, -0.05) is 0 Å². The second-order valence-electron chi connectivity index (χ2n) is 14.4. The van der Waals surface area contributed by atoms with Crippen molar-refractivity contribution in [3.8, 4) is 11.5 Å². The lowest BCUT2D eigenvalue weighted by atomic mass is 10.1. The van der Waals surface area contributed by atoms with E-state index < -0.39 is 35.7 Å². The predicted molar refractivity (Wildman–Crippen MR) is 248 cm³/mol. The van der Waals surface area contributed by atoms with E-state index in [9.17, 15) is 24.0 Å². The second-order valence-corrected chi connectivity index (χ2v) is 14.4. The van der Waals surface area contributed by atoms with Crippen molar-refractivity contribution in [2.45, 2.75) is 82.8 Å². The molecule has 352 valence electrons. The number of methoxy groups -OCH3 is 2. The minimum Gasteiger partial charge on any atom is -0.496 e. The van der Waals surface area contributed by atoms with Crippen LogP contribution in [0.3, 0.4) is 0 Å². The Labute approximate surface area is 372 Å². The van der Waals surface area contributed by atoms with Crippen molar-refractivity contribution in [1.82, 2.24) is 16.0 Å². The molecule has 5 amide bonds. The lowest BCUT2D eigenvalue weighted by molar-refractivity contribution is -0.126. The molecule has 0 aromatic heterocycles. The Morgan fingerprint density at radius 1 is 0.531 bits per heavy atom. The number of hydrogen-bond acceptors (Lipinski definition) is 11. The number of benzene rings is 2. The Morgan fingerprint density at radius 3 is 1.34 bits per heavy atom. The molecule has 0 fully saturated rings. The van der Waals surface area contributed by atoms with Gasteiger partial charge < -0.3 is 81.9 Å². The monoisotopic (exact) mass is 896 g/mol. The fraction of sp³-hybridized carbons (Fsp3) is 0.475. The first-order valence-corrected chi connectivity index (χ1v) is 20.5. The highest BCUT2D eigenvalue weighted by Gasteiger charge is 2.26. The topological polar surface area (TPSA) is 422 Å². The summed E-state index contributed by atoms with van der Waals surface area (Å²) in [5, 5.41) is 13.9. The number of guanidine groups is 4. The quantitative estimate of drug-likeness (QED) is 0.0265. The van der Waals surface area contributed by atoms with E-state index in [1.165, 1.54) is 44.6 Å². The maximum atomic E-state index is 14.0. The number of unbranched alkanes of at least 4 members (excludes halogenated alkanes) is 1. The Kier molecular flexibility index (Phi) is 23.1. The molecule has 24 nitrogen and oxygen atoms in total. The Bertz CT molecular complexity index is 1990. The normalized spacial score (nSPS) is 11.9. The Hall–Kier alpha value is -7.53. The molecular formula is C40H65N17O7. The highest BCUT2D eigenvalue weighted by molar-refractivity contribution is 6.05. The summed E-state index contributed by atoms with van der Waals surface area (Å²) in [6, 6.07) is 6.50. The van der Waals surface area contributed by atoms with Crippen LogP contribution in [0.2, 0.25) is 0 Å². The van der Waals surface area contributed by atoms with Crippen LogP contribution in [0.4, 0.5) is 11.4 Å². The molecule has 2 rings (SSSR count). The van der Waals surface area contributed by atoms with E-state index in [-0.39, 0.29) is 109 Å². The van der Waals surface area contributed by atoms with Crippen molar-refractivity contribution < 1.29 is 33.4 Å². The van der Waals surface area contributed by atoms with Gasteiger partial charge in [-0.15, -0.1) is 0 Å². The van der Waals surface area contributed by atoms with Gasteiger partial charge in [-0.3, -0.25) is 43.9 Å². The molecule has 0 heterocycles. The zero-order valence-corrected chi connectivity index (χ0v) is 36.7. The molecule has 0 aliphatic heterocycles. The first kappa shape index (κ1) is 52.6. The van der Waals surface area contributed by atoms with Gasteiger partial charge in [0.25, 0.3) is 11.8 Å². The average Bonchev–Trinajstić information content (AvgIpc) is 3.23. The number of nitrogens with zero attached hydrogens (tertiary/aromatic N) is 4. The number of ether oxygens (including phenoxy) is 2. The summed E-state index contributed by atoms with van der Waals surface area (Å²) in [5.74, 6) is -2.66. The lowest BCUT2D eigenvalue weighted by Gasteiger charge is -2.21. The van der Waals surface area contributed by atoms with E-state index in [4.69, 9.17) is 55.3 Å². The van der Waals surface area contributed by atoms with Gasteiger partial charge in [0, 0.05) is 50.0 Å². The van der Waals surface area contributed by atoms with Gasteiger partial charge >= 0.3 is 0 Å². The number of anilines is 2. The van der Waals surface area contributed by atoms with Crippen LogP contribution in [0.25, 0.3) is 0 Å². The number of amides is 5. The standard InChI is InChI=1S/C40H65N17O7/c1-23(9-6-18-50-38(43)44)53-33(59)26-21-24(13-15-30(26)63-2)55-36(62)29(11-8-20-52-40(47)48)57-34(60)27-22-25(14-16-31(27)64-3)54-35(61)28(10-7-19-51-39(45)46)56-32(58)12-4-5-17-49-37(41)42/h13-16,21-23,28-29H,4-12,17-20H2,1-3H3,(H,53,59)(H,54,61)(H,55,62)(H,56,58)(H,57,60)(H4,41,42,49)(H4,43,44,50)(H4,45,46,51)(H4,47,48,52)/t23-,28+,29+/m0/s1. The number of carbonyl (C=O) groups excluding carboxylic acids is 5. The molecule has 24 heteroatoms. The van der Waals surface area contributed by atoms with Crippen molar-refractivity contribution in [3.63, 3.8) is 0 Å². The average molecular weight is 896 g/mol. The number of nitrogens with one attached hydrogen (secondary N) is 5. The third kappa shape index (κ3) is 20.4. The SMILES string of the molecule is COc1ccc(NC(=O)[C@@H](CCCN=C(N)N)NC(=O)c2cc(NC(=O)[C@@H](CCCN=C(N)N)NC(=O)CCCCN=C(N)N)ccc2OC)cc1C(=O)N[C@@H](C)CCCN=C(N)N. The summed E-state index contributed by atoms with van der Waals surface area (Å²) < 4.78 is 10.9. The van der Waals surface area contributed by atoms with Crippen LogP contribution in [0.1, 0.15) is 85.4 Å². The first-order chi connectivity index (χ1) is 30.4. The van der Waals surface area contributed by atoms with Crippen LogP contribution in [-0.2, 0) is 14.4 Å². The molecule has 0 unspecified atom stereocenters. The van der Waals surface area contributed by atoms with E-state index in [1.807, 2.05) is 6.92 Å². The number of rotatable bonds is 28. The van der Waals surface area contributed by atoms with Crippen LogP contribution >= 0.6 is 0 Å². The largest absolute Gasteiger partial charge is 0.496 e. The maximum Gasteiger partial charge on any atom is 0.255 e. The molecule has 0 saturated heterocycles. The number of nitrogens with two attached hydrogens (primary N) is 8. The van der Waals surface area contributed by atoms with Gasteiger partial charge in [0.2, 0.25) is 17.7 Å². The molecule has 2 aromatic carbocycles. The third-order valence-corrected chi connectivity index (χ3v) is 9.16. The molecule has 0 saturated carbocycles. The molecular weight excluding hydrogens is 831 g/mol. The predicted octanol–water partition coefficient (Wildman–Crippen LogP) is -1.41. The molecule has 0 aliphatic carbocycles. The van der Waals surface area contributed by atoms with Gasteiger partial charge in [0.1, 0.15) is 23.6 Å². The van der Waals surface area contributed by atoms with Crippen molar-refractivity contribution >= 4 is 64.7 Å². The van der Waals surface area contributed by atoms with E-state index in [0.29, 0.717) is 45.2 Å². The molecule has 3 atom stereocenters. The lowest BCUT2D eigenvalue weighted by Crippen LogP contribution is -2.44. The fourth-order valence-corrected chi connectivity index (χ4v) is 6.02. The summed E-state index contributed by atoms with van der Waals surface area (Å²) in [7, 11) is 2.77. The zero-order valence-electron chi connectivity index (χ0n) is 36.7. The molecule has 21 N–H and O–H groups in total. The minimum atomic E-state index is -1.15. The van der Waals surface area contributed by atoms with Gasteiger partial charge in [-0.2, -0.15) is 0 Å². The Balaban J connectivity index is 2.32. The summed E-state index contributed by atoms with van der Waals surface area (Å²) in [4.78, 5) is 83.4.